The highest BCUT2D eigenvalue weighted by Crippen LogP contribution is 2.25. The Morgan fingerprint density at radius 1 is 1.13 bits per heavy atom. The number of carbonyl (C=O) groups is 1. The van der Waals surface area contributed by atoms with Gasteiger partial charge in [0.15, 0.2) is 0 Å². The molecule has 0 spiro atoms. The van der Waals surface area contributed by atoms with Crippen LogP contribution in [0.15, 0.2) is 75.0 Å². The van der Waals surface area contributed by atoms with Crippen LogP contribution in [-0.4, -0.2) is 18.9 Å². The monoisotopic (exact) mass is 457 g/mol. The van der Waals surface area contributed by atoms with Gasteiger partial charge < -0.3 is 9.73 Å². The molecule has 0 saturated heterocycles. The maximum absolute atomic E-state index is 13.0. The van der Waals surface area contributed by atoms with Gasteiger partial charge in [0.25, 0.3) is 15.9 Å². The Morgan fingerprint density at radius 2 is 1.94 bits per heavy atom. The lowest BCUT2D eigenvalue weighted by molar-refractivity contribution is 0.0949. The van der Waals surface area contributed by atoms with Gasteiger partial charge in [0.1, 0.15) is 5.76 Å². The average molecular weight is 458 g/mol. The summed E-state index contributed by atoms with van der Waals surface area (Å²) in [5.41, 5.74) is 1.02. The largest absolute Gasteiger partial charge is 0.467 e. The van der Waals surface area contributed by atoms with Crippen LogP contribution in [0.1, 0.15) is 23.0 Å². The van der Waals surface area contributed by atoms with Crippen molar-refractivity contribution in [1.29, 1.82) is 0 Å². The Hall–Kier alpha value is -3.37. The van der Waals surface area contributed by atoms with E-state index in [2.05, 4.69) is 10.0 Å². The van der Waals surface area contributed by atoms with Gasteiger partial charge in [-0.05, 0) is 49.4 Å². The minimum atomic E-state index is -3.98. The molecule has 0 radical (unpaired) electrons. The number of aryl methyl sites for hydroxylation is 1. The number of nitrogens with one attached hydrogen (secondary N) is 2. The Balaban J connectivity index is 1.60. The first-order valence-electron chi connectivity index (χ1n) is 9.45. The molecule has 1 amide bonds. The van der Waals surface area contributed by atoms with E-state index in [-0.39, 0.29) is 27.6 Å². The van der Waals surface area contributed by atoms with Crippen LogP contribution in [-0.2, 0) is 23.1 Å². The number of benzene rings is 2. The molecule has 0 aliphatic heterocycles. The first-order chi connectivity index (χ1) is 14.9. The lowest BCUT2D eigenvalue weighted by Gasteiger charge is -2.13. The second kappa shape index (κ2) is 8.40. The van der Waals surface area contributed by atoms with E-state index in [9.17, 15) is 18.0 Å². The molecule has 31 heavy (non-hydrogen) atoms. The van der Waals surface area contributed by atoms with E-state index in [0.717, 1.165) is 11.3 Å². The number of carbonyl (C=O) groups excluding carboxylic acids is 1. The molecule has 4 aromatic rings. The Morgan fingerprint density at radius 3 is 2.68 bits per heavy atom. The molecule has 2 aromatic heterocycles. The number of amides is 1. The molecule has 2 heterocycles. The Labute approximate surface area is 182 Å². The van der Waals surface area contributed by atoms with Crippen molar-refractivity contribution in [3.63, 3.8) is 0 Å². The van der Waals surface area contributed by atoms with Gasteiger partial charge in [-0.1, -0.05) is 23.5 Å². The van der Waals surface area contributed by atoms with E-state index in [0.29, 0.717) is 22.5 Å². The third-order valence-electron chi connectivity index (χ3n) is 4.69. The van der Waals surface area contributed by atoms with E-state index in [1.165, 1.54) is 30.5 Å². The maximum atomic E-state index is 13.0. The van der Waals surface area contributed by atoms with E-state index in [4.69, 9.17) is 4.42 Å². The predicted octanol–water partition coefficient (Wildman–Crippen LogP) is 3.41. The first-order valence-corrected chi connectivity index (χ1v) is 11.7. The molecular formula is C21H19N3O5S2. The fraction of sp³-hybridized carbons (Fsp3) is 0.143. The summed E-state index contributed by atoms with van der Waals surface area (Å²) >= 11 is 0.995. The molecule has 0 bridgehead atoms. The van der Waals surface area contributed by atoms with Gasteiger partial charge >= 0.3 is 4.87 Å². The molecule has 4 rings (SSSR count). The van der Waals surface area contributed by atoms with E-state index in [1.807, 2.05) is 6.92 Å². The van der Waals surface area contributed by atoms with Crippen LogP contribution in [0.25, 0.3) is 10.2 Å². The molecule has 0 saturated carbocycles. The predicted molar refractivity (Wildman–Crippen MR) is 119 cm³/mol. The van der Waals surface area contributed by atoms with Gasteiger partial charge in [-0.25, -0.2) is 8.42 Å². The molecule has 160 valence electrons. The Kier molecular flexibility index (Phi) is 5.66. The van der Waals surface area contributed by atoms with Crippen molar-refractivity contribution in [2.45, 2.75) is 24.9 Å². The number of hydrogen-bond donors (Lipinski definition) is 2. The third-order valence-corrected chi connectivity index (χ3v) is 6.99. The molecular weight excluding hydrogens is 438 g/mol. The molecule has 0 aliphatic carbocycles. The number of aromatic nitrogens is 1. The number of hydrogen-bond acceptors (Lipinski definition) is 6. The molecule has 0 unspecified atom stereocenters. The lowest BCUT2D eigenvalue weighted by atomic mass is 10.1. The Bertz CT molecular complexity index is 1400. The number of sulfonamides is 1. The minimum absolute atomic E-state index is 0.00954. The third kappa shape index (κ3) is 4.25. The summed E-state index contributed by atoms with van der Waals surface area (Å²) in [6.45, 7) is 2.54. The van der Waals surface area contributed by atoms with Gasteiger partial charge in [-0.2, -0.15) is 0 Å². The highest BCUT2D eigenvalue weighted by Gasteiger charge is 2.20. The molecule has 10 heteroatoms. The van der Waals surface area contributed by atoms with Crippen LogP contribution in [0.2, 0.25) is 0 Å². The number of furan rings is 1. The van der Waals surface area contributed by atoms with E-state index >= 15 is 0 Å². The maximum Gasteiger partial charge on any atom is 0.308 e. The van der Waals surface area contributed by atoms with Gasteiger partial charge in [-0.3, -0.25) is 18.9 Å². The summed E-state index contributed by atoms with van der Waals surface area (Å²) in [6, 6.07) is 14.3. The summed E-state index contributed by atoms with van der Waals surface area (Å²) in [6.07, 6.45) is 1.51. The number of nitrogens with zero attached hydrogens (tertiary/aromatic N) is 1. The fourth-order valence-corrected chi connectivity index (χ4v) is 5.34. The summed E-state index contributed by atoms with van der Waals surface area (Å²) in [7, 11) is -3.98. The van der Waals surface area contributed by atoms with Crippen molar-refractivity contribution in [3.05, 3.63) is 81.9 Å². The van der Waals surface area contributed by atoms with Crippen LogP contribution in [0.5, 0.6) is 0 Å². The number of rotatable bonds is 7. The number of anilines is 1. The summed E-state index contributed by atoms with van der Waals surface area (Å²) in [4.78, 5) is 24.5. The smallest absolute Gasteiger partial charge is 0.308 e. The van der Waals surface area contributed by atoms with Gasteiger partial charge in [0.05, 0.1) is 39.2 Å². The zero-order valence-electron chi connectivity index (χ0n) is 16.5. The molecule has 2 N–H and O–H groups in total. The van der Waals surface area contributed by atoms with Crippen molar-refractivity contribution in [1.82, 2.24) is 9.88 Å². The summed E-state index contributed by atoms with van der Waals surface area (Å²) in [5, 5.41) is 2.70. The van der Waals surface area contributed by atoms with Crippen LogP contribution >= 0.6 is 11.3 Å². The number of thiazole rings is 1. The molecule has 0 aliphatic rings. The van der Waals surface area contributed by atoms with E-state index in [1.54, 1.807) is 34.9 Å². The fourth-order valence-electron chi connectivity index (χ4n) is 3.16. The number of para-hydroxylation sites is 1. The molecule has 8 nitrogen and oxygen atoms in total. The summed E-state index contributed by atoms with van der Waals surface area (Å²) < 4.78 is 35.8. The van der Waals surface area contributed by atoms with Crippen LogP contribution < -0.4 is 14.9 Å². The minimum Gasteiger partial charge on any atom is -0.467 e. The SMILES string of the molecule is CCn1c(=O)sc2cc(S(=O)(=O)Nc3ccccc3C(=O)NCc3ccco3)ccc21. The quantitative estimate of drug-likeness (QED) is 0.442. The van der Waals surface area contributed by atoms with Crippen molar-refractivity contribution in [2.24, 2.45) is 0 Å². The zero-order chi connectivity index (χ0) is 22.0. The van der Waals surface area contributed by atoms with Gasteiger partial charge in [0.2, 0.25) is 0 Å². The zero-order valence-corrected chi connectivity index (χ0v) is 18.1. The number of fused-ring (bicyclic) bond motifs is 1. The van der Waals surface area contributed by atoms with Crippen molar-refractivity contribution < 1.29 is 17.6 Å². The highest BCUT2D eigenvalue weighted by atomic mass is 32.2. The van der Waals surface area contributed by atoms with Crippen molar-refractivity contribution >= 4 is 43.2 Å². The van der Waals surface area contributed by atoms with Crippen molar-refractivity contribution in [3.8, 4) is 0 Å². The van der Waals surface area contributed by atoms with Crippen LogP contribution in [0.4, 0.5) is 5.69 Å². The van der Waals surface area contributed by atoms with Crippen LogP contribution in [0.3, 0.4) is 0 Å². The standard InChI is InChI=1S/C21H19N3O5S2/c1-2-24-18-10-9-15(12-19(18)30-21(24)26)31(27,28)23-17-8-4-3-7-16(17)20(25)22-13-14-6-5-11-29-14/h3-12,23H,2,13H2,1H3,(H,22,25). The second-order valence-electron chi connectivity index (χ2n) is 6.65. The summed E-state index contributed by atoms with van der Waals surface area (Å²) in [5.74, 6) is 0.140. The highest BCUT2D eigenvalue weighted by molar-refractivity contribution is 7.92. The molecule has 0 fully saturated rings. The van der Waals surface area contributed by atoms with Crippen molar-refractivity contribution in [2.75, 3.05) is 4.72 Å². The van der Waals surface area contributed by atoms with E-state index < -0.39 is 15.9 Å². The lowest BCUT2D eigenvalue weighted by Crippen LogP contribution is -2.24. The van der Waals surface area contributed by atoms with Gasteiger partial charge in [0, 0.05) is 6.54 Å². The second-order valence-corrected chi connectivity index (χ2v) is 9.33. The van der Waals surface area contributed by atoms with Gasteiger partial charge in [-0.15, -0.1) is 0 Å². The molecule has 0 atom stereocenters. The first kappa shape index (κ1) is 20.9. The topological polar surface area (TPSA) is 110 Å². The molecule has 2 aromatic carbocycles. The normalized spacial score (nSPS) is 11.5. The van der Waals surface area contributed by atoms with Crippen LogP contribution in [0, 0.1) is 0 Å². The average Bonchev–Trinajstić information content (AvgIpc) is 3.38.